The molecule has 5 nitrogen and oxygen atoms in total. The van der Waals surface area contributed by atoms with Crippen molar-refractivity contribution in [2.24, 2.45) is 0 Å². The largest absolute Gasteiger partial charge is 0.504 e. The summed E-state index contributed by atoms with van der Waals surface area (Å²) in [5, 5.41) is 10.7. The minimum atomic E-state index is -0.618. The van der Waals surface area contributed by atoms with E-state index < -0.39 is 5.97 Å². The molecule has 0 fully saturated rings. The second-order valence-corrected chi connectivity index (χ2v) is 4.33. The second-order valence-electron chi connectivity index (χ2n) is 3.12. The van der Waals surface area contributed by atoms with Gasteiger partial charge in [-0.2, -0.15) is 0 Å². The molecule has 2 heterocycles. The van der Waals surface area contributed by atoms with Crippen LogP contribution in [0.2, 0.25) is 0 Å². The minimum absolute atomic E-state index is 0.0574. The summed E-state index contributed by atoms with van der Waals surface area (Å²) in [4.78, 5) is 19.5. The first kappa shape index (κ1) is 10.8. The molecule has 0 amide bonds. The van der Waals surface area contributed by atoms with Crippen LogP contribution in [0.3, 0.4) is 0 Å². The van der Waals surface area contributed by atoms with E-state index in [1.807, 2.05) is 6.92 Å². The fraction of sp³-hybridized carbons (Fsp3) is 0.300. The third-order valence-corrected chi connectivity index (χ3v) is 2.98. The summed E-state index contributed by atoms with van der Waals surface area (Å²) in [6.07, 6.45) is 1.46. The Bertz CT molecular complexity index is 550. The van der Waals surface area contributed by atoms with Gasteiger partial charge in [-0.15, -0.1) is 11.3 Å². The van der Waals surface area contributed by atoms with Crippen LogP contribution in [-0.4, -0.2) is 27.7 Å². The van der Waals surface area contributed by atoms with Gasteiger partial charge in [0, 0.05) is 0 Å². The molecule has 0 bridgehead atoms. The van der Waals surface area contributed by atoms with E-state index in [-0.39, 0.29) is 18.1 Å². The Kier molecular flexibility index (Phi) is 2.74. The third-order valence-electron chi connectivity index (χ3n) is 1.98. The molecular formula is C10H10N2O3S. The molecule has 0 aliphatic carbocycles. The zero-order chi connectivity index (χ0) is 11.7. The van der Waals surface area contributed by atoms with Crippen molar-refractivity contribution in [1.82, 2.24) is 9.97 Å². The molecule has 84 valence electrons. The number of hydrogen-bond acceptors (Lipinski definition) is 6. The molecule has 0 atom stereocenters. The Morgan fingerprint density at radius 1 is 1.62 bits per heavy atom. The minimum Gasteiger partial charge on any atom is -0.504 e. The van der Waals surface area contributed by atoms with Gasteiger partial charge in [-0.1, -0.05) is 0 Å². The van der Waals surface area contributed by atoms with Crippen LogP contribution in [0.1, 0.15) is 22.4 Å². The predicted molar refractivity (Wildman–Crippen MR) is 59.8 cm³/mol. The molecule has 16 heavy (non-hydrogen) atoms. The number of ether oxygens (including phenoxy) is 1. The maximum absolute atomic E-state index is 11.5. The summed E-state index contributed by atoms with van der Waals surface area (Å²) in [7, 11) is 0. The van der Waals surface area contributed by atoms with E-state index in [9.17, 15) is 9.90 Å². The van der Waals surface area contributed by atoms with Gasteiger partial charge in [-0.05, 0) is 13.8 Å². The quantitative estimate of drug-likeness (QED) is 0.809. The lowest BCUT2D eigenvalue weighted by Crippen LogP contribution is -2.07. The van der Waals surface area contributed by atoms with Gasteiger partial charge < -0.3 is 9.84 Å². The van der Waals surface area contributed by atoms with Crippen molar-refractivity contribution in [1.29, 1.82) is 0 Å². The highest BCUT2D eigenvalue weighted by Crippen LogP contribution is 2.31. The molecule has 2 rings (SSSR count). The van der Waals surface area contributed by atoms with E-state index in [2.05, 4.69) is 9.97 Å². The summed E-state index contributed by atoms with van der Waals surface area (Å²) < 4.78 is 5.35. The highest BCUT2D eigenvalue weighted by molar-refractivity contribution is 7.18. The van der Waals surface area contributed by atoms with Crippen LogP contribution in [0.4, 0.5) is 0 Å². The van der Waals surface area contributed by atoms with Crippen molar-refractivity contribution in [3.8, 4) is 5.75 Å². The van der Waals surface area contributed by atoms with Gasteiger partial charge in [-0.25, -0.2) is 14.8 Å². The fourth-order valence-electron chi connectivity index (χ4n) is 1.34. The van der Waals surface area contributed by atoms with E-state index in [0.29, 0.717) is 10.2 Å². The summed E-state index contributed by atoms with van der Waals surface area (Å²) in [6.45, 7) is 3.78. The summed E-state index contributed by atoms with van der Waals surface area (Å²) in [5.41, 5.74) is 0.533. The Hall–Kier alpha value is -1.69. The van der Waals surface area contributed by atoms with E-state index in [1.54, 1.807) is 6.92 Å². The zero-order valence-electron chi connectivity index (χ0n) is 8.85. The summed E-state index contributed by atoms with van der Waals surface area (Å²) in [6, 6.07) is 0. The van der Waals surface area contributed by atoms with Crippen LogP contribution in [-0.2, 0) is 4.74 Å². The number of aryl methyl sites for hydroxylation is 1. The lowest BCUT2D eigenvalue weighted by atomic mass is 10.3. The van der Waals surface area contributed by atoms with E-state index in [0.717, 1.165) is 5.01 Å². The second kappa shape index (κ2) is 4.05. The summed E-state index contributed by atoms with van der Waals surface area (Å²) in [5.74, 6) is -0.769. The topological polar surface area (TPSA) is 72.3 Å². The molecule has 0 unspecified atom stereocenters. The van der Waals surface area contributed by atoms with Crippen molar-refractivity contribution < 1.29 is 14.6 Å². The third kappa shape index (κ3) is 1.71. The lowest BCUT2D eigenvalue weighted by molar-refractivity contribution is 0.0516. The van der Waals surface area contributed by atoms with Gasteiger partial charge in [0.15, 0.2) is 11.4 Å². The number of nitrogens with zero attached hydrogens (tertiary/aromatic N) is 2. The maximum Gasteiger partial charge on any atom is 0.360 e. The molecule has 2 aromatic heterocycles. The molecule has 1 N–H and O–H groups in total. The number of aromatic hydroxyl groups is 1. The van der Waals surface area contributed by atoms with Crippen LogP contribution in [0.15, 0.2) is 6.20 Å². The molecule has 0 spiro atoms. The van der Waals surface area contributed by atoms with Crippen molar-refractivity contribution in [3.63, 3.8) is 0 Å². The molecule has 2 aromatic rings. The van der Waals surface area contributed by atoms with Crippen molar-refractivity contribution in [2.75, 3.05) is 6.61 Å². The molecule has 0 saturated heterocycles. The molecular weight excluding hydrogens is 228 g/mol. The zero-order valence-corrected chi connectivity index (χ0v) is 9.67. The van der Waals surface area contributed by atoms with Gasteiger partial charge in [-0.3, -0.25) is 0 Å². The Labute approximate surface area is 95.7 Å². The highest BCUT2D eigenvalue weighted by Gasteiger charge is 2.18. The number of pyridine rings is 1. The van der Waals surface area contributed by atoms with Gasteiger partial charge in [0.2, 0.25) is 0 Å². The molecule has 0 saturated carbocycles. The van der Waals surface area contributed by atoms with Crippen LogP contribution in [0, 0.1) is 6.92 Å². The van der Waals surface area contributed by atoms with Crippen LogP contribution >= 0.6 is 11.3 Å². The first-order chi connectivity index (χ1) is 7.63. The standard InChI is InChI=1S/C10H10N2O3S/c1-3-15-10(14)7-8(13)9-6(4-11-7)12-5(2)16-9/h4,13H,3H2,1-2H3. The van der Waals surface area contributed by atoms with E-state index in [1.165, 1.54) is 17.5 Å². The van der Waals surface area contributed by atoms with Gasteiger partial charge in [0.1, 0.15) is 10.2 Å². The predicted octanol–water partition coefficient (Wildman–Crippen LogP) is 1.88. The monoisotopic (exact) mass is 238 g/mol. The number of aromatic nitrogens is 2. The van der Waals surface area contributed by atoms with Gasteiger partial charge in [0.25, 0.3) is 0 Å². The number of thiazole rings is 1. The first-order valence-electron chi connectivity index (χ1n) is 4.75. The number of carbonyl (C=O) groups excluding carboxylic acids is 1. The van der Waals surface area contributed by atoms with E-state index >= 15 is 0 Å². The number of hydrogen-bond donors (Lipinski definition) is 1. The number of fused-ring (bicyclic) bond motifs is 1. The normalized spacial score (nSPS) is 10.6. The lowest BCUT2D eigenvalue weighted by Gasteiger charge is -2.02. The Morgan fingerprint density at radius 2 is 2.38 bits per heavy atom. The molecule has 0 radical (unpaired) electrons. The number of rotatable bonds is 2. The average Bonchev–Trinajstić information content (AvgIpc) is 2.60. The van der Waals surface area contributed by atoms with Crippen molar-refractivity contribution >= 4 is 27.5 Å². The van der Waals surface area contributed by atoms with E-state index in [4.69, 9.17) is 4.74 Å². The van der Waals surface area contributed by atoms with Gasteiger partial charge >= 0.3 is 5.97 Å². The Morgan fingerprint density at radius 3 is 3.06 bits per heavy atom. The van der Waals surface area contributed by atoms with Crippen LogP contribution in [0.25, 0.3) is 10.2 Å². The molecule has 6 heteroatoms. The number of esters is 1. The molecule has 0 aromatic carbocycles. The first-order valence-corrected chi connectivity index (χ1v) is 5.57. The smallest absolute Gasteiger partial charge is 0.360 e. The van der Waals surface area contributed by atoms with Gasteiger partial charge in [0.05, 0.1) is 17.8 Å². The molecule has 0 aliphatic heterocycles. The highest BCUT2D eigenvalue weighted by atomic mass is 32.1. The number of carbonyl (C=O) groups is 1. The van der Waals surface area contributed by atoms with Crippen molar-refractivity contribution in [2.45, 2.75) is 13.8 Å². The fourth-order valence-corrected chi connectivity index (χ4v) is 2.18. The summed E-state index contributed by atoms with van der Waals surface area (Å²) >= 11 is 1.32. The van der Waals surface area contributed by atoms with Crippen molar-refractivity contribution in [3.05, 3.63) is 16.9 Å². The maximum atomic E-state index is 11.5. The SMILES string of the molecule is CCOC(=O)c1ncc2nc(C)sc2c1O. The molecule has 0 aliphatic rings. The average molecular weight is 238 g/mol. The van der Waals surface area contributed by atoms with Crippen LogP contribution < -0.4 is 0 Å². The van der Waals surface area contributed by atoms with Crippen LogP contribution in [0.5, 0.6) is 5.75 Å². The Balaban J connectivity index is 2.55.